The van der Waals surface area contributed by atoms with Crippen molar-refractivity contribution in [3.8, 4) is 0 Å². The van der Waals surface area contributed by atoms with Crippen molar-refractivity contribution in [2.24, 2.45) is 11.8 Å². The Bertz CT molecular complexity index is 1300. The van der Waals surface area contributed by atoms with E-state index in [0.717, 1.165) is 34.8 Å². The van der Waals surface area contributed by atoms with Gasteiger partial charge in [0.25, 0.3) is 8.32 Å². The minimum absolute atomic E-state index is 0.0397. The number of rotatable bonds is 9. The van der Waals surface area contributed by atoms with Crippen LogP contribution in [0.4, 0.5) is 0 Å². The highest BCUT2D eigenvalue weighted by Crippen LogP contribution is 2.44. The maximum atomic E-state index is 11.0. The highest BCUT2D eigenvalue weighted by Gasteiger charge is 2.50. The molecule has 0 amide bonds. The summed E-state index contributed by atoms with van der Waals surface area (Å²) in [5.41, 5.74) is 2.23. The van der Waals surface area contributed by atoms with Gasteiger partial charge in [-0.15, -0.1) is 0 Å². The summed E-state index contributed by atoms with van der Waals surface area (Å²) in [6.45, 7) is 10.8. The molecule has 1 heterocycles. The van der Waals surface area contributed by atoms with Gasteiger partial charge in [-0.2, -0.15) is 0 Å². The molecule has 1 aromatic heterocycles. The van der Waals surface area contributed by atoms with Crippen molar-refractivity contribution in [1.29, 1.82) is 0 Å². The summed E-state index contributed by atoms with van der Waals surface area (Å²) >= 11 is 3.66. The quantitative estimate of drug-likeness (QED) is 0.217. The third-order valence-corrected chi connectivity index (χ3v) is 13.3. The molecule has 1 aliphatic rings. The lowest BCUT2D eigenvalue weighted by atomic mass is 10.0. The van der Waals surface area contributed by atoms with E-state index >= 15 is 0 Å². The van der Waals surface area contributed by atoms with Crippen LogP contribution in [0.25, 0.3) is 10.9 Å². The van der Waals surface area contributed by atoms with Gasteiger partial charge in [-0.05, 0) is 52.2 Å². The zero-order chi connectivity index (χ0) is 26.2. The lowest BCUT2D eigenvalue weighted by Crippen LogP contribution is -2.66. The van der Waals surface area contributed by atoms with Gasteiger partial charge in [0.05, 0.1) is 6.10 Å². The number of aliphatic hydroxyl groups excluding tert-OH is 1. The second kappa shape index (κ2) is 10.5. The number of fused-ring (bicyclic) bond motifs is 1. The first-order chi connectivity index (χ1) is 17.7. The summed E-state index contributed by atoms with van der Waals surface area (Å²) in [6, 6.07) is 28.1. The number of benzene rings is 3. The lowest BCUT2D eigenvalue weighted by molar-refractivity contribution is 0.155. The van der Waals surface area contributed by atoms with Gasteiger partial charge >= 0.3 is 0 Å². The van der Waals surface area contributed by atoms with Crippen LogP contribution in [-0.2, 0) is 11.0 Å². The minimum Gasteiger partial charge on any atom is -0.407 e. The molecule has 0 saturated heterocycles. The maximum absolute atomic E-state index is 11.0. The number of halogens is 1. The molecule has 3 aromatic carbocycles. The van der Waals surface area contributed by atoms with E-state index in [1.807, 2.05) is 0 Å². The first kappa shape index (κ1) is 26.4. The first-order valence-electron chi connectivity index (χ1n) is 13.4. The van der Waals surface area contributed by atoms with Crippen LogP contribution in [-0.4, -0.2) is 24.6 Å². The summed E-state index contributed by atoms with van der Waals surface area (Å²) in [4.78, 5) is 0. The lowest BCUT2D eigenvalue weighted by Gasteiger charge is -2.43. The Morgan fingerprint density at radius 3 is 2.11 bits per heavy atom. The van der Waals surface area contributed by atoms with E-state index in [4.69, 9.17) is 4.43 Å². The molecule has 4 aromatic rings. The van der Waals surface area contributed by atoms with E-state index in [1.54, 1.807) is 0 Å². The standard InChI is InChI=1S/C32H38BrNO2Si/c1-23(20-34-21-29(31(35)24-15-16-24)28-18-17-25(33)19-30(28)34)22-36-37(32(2,3)4,26-11-7-5-8-12-26)27-13-9-6-10-14-27/h5-14,17-19,21,23-24,31,35H,15-16,20,22H2,1-4H3/t23-,31?/m0/s1. The van der Waals surface area contributed by atoms with Crippen molar-refractivity contribution < 1.29 is 9.53 Å². The summed E-state index contributed by atoms with van der Waals surface area (Å²) in [5.74, 6) is 0.695. The fourth-order valence-electron chi connectivity index (χ4n) is 5.76. The number of hydrogen-bond acceptors (Lipinski definition) is 2. The molecular weight excluding hydrogens is 538 g/mol. The van der Waals surface area contributed by atoms with Crippen molar-refractivity contribution >= 4 is 45.5 Å². The molecule has 5 heteroatoms. The molecule has 0 aliphatic heterocycles. The van der Waals surface area contributed by atoms with E-state index in [9.17, 15) is 5.11 Å². The fourth-order valence-corrected chi connectivity index (χ4v) is 10.8. The van der Waals surface area contributed by atoms with E-state index in [-0.39, 0.29) is 11.1 Å². The van der Waals surface area contributed by atoms with E-state index < -0.39 is 8.32 Å². The Hall–Kier alpha value is -2.18. The van der Waals surface area contributed by atoms with Crippen LogP contribution in [0.1, 0.15) is 52.2 Å². The molecule has 1 fully saturated rings. The summed E-state index contributed by atoms with van der Waals surface area (Å²) < 4.78 is 10.6. The van der Waals surface area contributed by atoms with Gasteiger partial charge in [0.15, 0.2) is 0 Å². The smallest absolute Gasteiger partial charge is 0.261 e. The largest absolute Gasteiger partial charge is 0.407 e. The van der Waals surface area contributed by atoms with Crippen LogP contribution in [0.2, 0.25) is 5.04 Å². The van der Waals surface area contributed by atoms with Gasteiger partial charge in [0.2, 0.25) is 0 Å². The topological polar surface area (TPSA) is 34.4 Å². The third-order valence-electron chi connectivity index (χ3n) is 7.77. The van der Waals surface area contributed by atoms with Crippen LogP contribution in [0, 0.1) is 11.8 Å². The summed E-state index contributed by atoms with van der Waals surface area (Å²) in [7, 11) is -2.57. The molecule has 194 valence electrons. The predicted octanol–water partition coefficient (Wildman–Crippen LogP) is 7.06. The second-order valence-electron chi connectivity index (χ2n) is 11.8. The Kier molecular flexibility index (Phi) is 7.52. The Morgan fingerprint density at radius 1 is 0.973 bits per heavy atom. The SMILES string of the molecule is C[C@H](CO[Si](c1ccccc1)(c1ccccc1)C(C)(C)C)Cn1cc(C(O)C2CC2)c2ccc(Br)cc21. The van der Waals surface area contributed by atoms with E-state index in [2.05, 4.69) is 133 Å². The van der Waals surface area contributed by atoms with Crippen LogP contribution in [0.3, 0.4) is 0 Å². The zero-order valence-corrected chi connectivity index (χ0v) is 24.9. The average molecular weight is 577 g/mol. The molecular formula is C32H38BrNO2Si. The predicted molar refractivity (Wildman–Crippen MR) is 160 cm³/mol. The van der Waals surface area contributed by atoms with Crippen LogP contribution in [0.5, 0.6) is 0 Å². The Labute approximate surface area is 230 Å². The molecule has 5 rings (SSSR count). The zero-order valence-electron chi connectivity index (χ0n) is 22.3. The van der Waals surface area contributed by atoms with Crippen LogP contribution >= 0.6 is 15.9 Å². The normalized spacial score (nSPS) is 16.2. The number of aromatic nitrogens is 1. The first-order valence-corrected chi connectivity index (χ1v) is 16.1. The van der Waals surface area contributed by atoms with Crippen molar-refractivity contribution in [2.45, 2.75) is 58.2 Å². The van der Waals surface area contributed by atoms with Gasteiger partial charge in [-0.3, -0.25) is 0 Å². The minimum atomic E-state index is -2.57. The molecule has 0 radical (unpaired) electrons. The van der Waals surface area contributed by atoms with Crippen LogP contribution in [0.15, 0.2) is 89.5 Å². The maximum Gasteiger partial charge on any atom is 0.261 e. The van der Waals surface area contributed by atoms with Gasteiger partial charge in [0, 0.05) is 40.3 Å². The summed E-state index contributed by atoms with van der Waals surface area (Å²) in [6.07, 6.45) is 4.04. The molecule has 3 nitrogen and oxygen atoms in total. The van der Waals surface area contributed by atoms with Crippen LogP contribution < -0.4 is 10.4 Å². The van der Waals surface area contributed by atoms with Gasteiger partial charge in [-0.1, -0.05) is 110 Å². The van der Waals surface area contributed by atoms with Gasteiger partial charge < -0.3 is 14.1 Å². The monoisotopic (exact) mass is 575 g/mol. The Morgan fingerprint density at radius 2 is 1.57 bits per heavy atom. The molecule has 1 unspecified atom stereocenters. The molecule has 1 saturated carbocycles. The highest BCUT2D eigenvalue weighted by atomic mass is 79.9. The molecule has 37 heavy (non-hydrogen) atoms. The highest BCUT2D eigenvalue weighted by molar-refractivity contribution is 9.10. The van der Waals surface area contributed by atoms with Gasteiger partial charge in [0.1, 0.15) is 0 Å². The molecule has 0 spiro atoms. The number of aliphatic hydroxyl groups is 1. The molecule has 0 bridgehead atoms. The average Bonchev–Trinajstić information content (AvgIpc) is 3.68. The van der Waals surface area contributed by atoms with Crippen molar-refractivity contribution in [3.05, 3.63) is 95.1 Å². The third kappa shape index (κ3) is 5.24. The van der Waals surface area contributed by atoms with Crippen molar-refractivity contribution in [2.75, 3.05) is 6.61 Å². The molecule has 1 N–H and O–H groups in total. The second-order valence-corrected chi connectivity index (χ2v) is 17.0. The number of nitrogens with zero attached hydrogens (tertiary/aromatic N) is 1. The Balaban J connectivity index is 1.46. The van der Waals surface area contributed by atoms with Crippen molar-refractivity contribution in [3.63, 3.8) is 0 Å². The van der Waals surface area contributed by atoms with E-state index in [1.165, 1.54) is 15.9 Å². The van der Waals surface area contributed by atoms with Crippen molar-refractivity contribution in [1.82, 2.24) is 4.57 Å². The molecule has 2 atom stereocenters. The fraction of sp³-hybridized carbons (Fsp3) is 0.375. The van der Waals surface area contributed by atoms with E-state index in [0.29, 0.717) is 18.4 Å². The molecule has 1 aliphatic carbocycles. The summed E-state index contributed by atoms with van der Waals surface area (Å²) in [5, 5.41) is 14.7. The number of hydrogen-bond donors (Lipinski definition) is 1. The van der Waals surface area contributed by atoms with Gasteiger partial charge in [-0.25, -0.2) is 0 Å².